The van der Waals surface area contributed by atoms with E-state index in [9.17, 15) is 9.59 Å². The molecule has 0 spiro atoms. The van der Waals surface area contributed by atoms with Crippen LogP contribution in [0.15, 0.2) is 42.5 Å². The molecule has 2 nitrogen and oxygen atoms in total. The van der Waals surface area contributed by atoms with Crippen LogP contribution in [0.4, 0.5) is 0 Å². The Hall–Kier alpha value is -1.93. The Labute approximate surface area is 160 Å². The second-order valence-corrected chi connectivity index (χ2v) is 8.96. The van der Waals surface area contributed by atoms with Gasteiger partial charge in [-0.05, 0) is 52.8 Å². The summed E-state index contributed by atoms with van der Waals surface area (Å²) in [6.07, 6.45) is 0.418. The van der Waals surface area contributed by atoms with E-state index >= 15 is 0 Å². The number of hydrogen-bond acceptors (Lipinski definition) is 2. The van der Waals surface area contributed by atoms with Gasteiger partial charge in [0, 0.05) is 16.9 Å². The van der Waals surface area contributed by atoms with E-state index in [2.05, 4.69) is 0 Å². The number of hydrogen-bond donors (Lipinski definition) is 0. The third-order valence-electron chi connectivity index (χ3n) is 6.28. The van der Waals surface area contributed by atoms with Crippen LogP contribution in [0.2, 0.25) is 5.02 Å². The fraction of sp³-hybridized carbons (Fsp3) is 0.391. The topological polar surface area (TPSA) is 34.1 Å². The van der Waals surface area contributed by atoms with Crippen LogP contribution < -0.4 is 0 Å². The SMILES string of the molecule is Cc1ccc(-c2ccc(Cl)cc2)cc1C1C(=O)CC(C)(C)C(C)(C)C1=O. The Morgan fingerprint density at radius 2 is 1.50 bits per heavy atom. The Bertz CT molecular complexity index is 876. The molecule has 2 aromatic carbocycles. The number of halogens is 1. The molecule has 136 valence electrons. The zero-order valence-electron chi connectivity index (χ0n) is 16.0. The third-order valence-corrected chi connectivity index (χ3v) is 6.53. The highest BCUT2D eigenvalue weighted by molar-refractivity contribution is 6.30. The lowest BCUT2D eigenvalue weighted by Crippen LogP contribution is -2.50. The van der Waals surface area contributed by atoms with E-state index in [1.807, 2.05) is 77.1 Å². The van der Waals surface area contributed by atoms with Crippen molar-refractivity contribution in [2.75, 3.05) is 0 Å². The van der Waals surface area contributed by atoms with Crippen LogP contribution in [0.1, 0.15) is 51.2 Å². The first-order valence-corrected chi connectivity index (χ1v) is 9.36. The molecule has 0 N–H and O–H groups in total. The molecule has 3 heteroatoms. The molecule has 0 saturated heterocycles. The molecule has 0 aromatic heterocycles. The predicted molar refractivity (Wildman–Crippen MR) is 107 cm³/mol. The van der Waals surface area contributed by atoms with E-state index in [1.165, 1.54) is 0 Å². The Balaban J connectivity index is 2.09. The maximum atomic E-state index is 13.3. The van der Waals surface area contributed by atoms with Crippen molar-refractivity contribution in [3.8, 4) is 11.1 Å². The molecule has 1 saturated carbocycles. The quantitative estimate of drug-likeness (QED) is 0.610. The number of rotatable bonds is 2. The molecule has 0 amide bonds. The van der Waals surface area contributed by atoms with E-state index in [4.69, 9.17) is 11.6 Å². The van der Waals surface area contributed by atoms with E-state index in [-0.39, 0.29) is 17.0 Å². The van der Waals surface area contributed by atoms with Crippen molar-refractivity contribution < 1.29 is 9.59 Å². The maximum absolute atomic E-state index is 13.3. The molecular weight excluding hydrogens is 344 g/mol. The van der Waals surface area contributed by atoms with Crippen molar-refractivity contribution in [2.45, 2.75) is 47.0 Å². The van der Waals surface area contributed by atoms with Crippen LogP contribution >= 0.6 is 11.6 Å². The molecule has 0 bridgehead atoms. The molecule has 1 unspecified atom stereocenters. The normalized spacial score (nSPS) is 21.7. The Morgan fingerprint density at radius 1 is 0.923 bits per heavy atom. The number of carbonyl (C=O) groups excluding carboxylic acids is 2. The first-order valence-electron chi connectivity index (χ1n) is 8.98. The summed E-state index contributed by atoms with van der Waals surface area (Å²) in [5.41, 5.74) is 2.94. The molecule has 26 heavy (non-hydrogen) atoms. The van der Waals surface area contributed by atoms with Crippen LogP contribution in [0.3, 0.4) is 0 Å². The van der Waals surface area contributed by atoms with Gasteiger partial charge in [-0.2, -0.15) is 0 Å². The van der Waals surface area contributed by atoms with Crippen molar-refractivity contribution in [3.63, 3.8) is 0 Å². The third kappa shape index (κ3) is 3.01. The fourth-order valence-electron chi connectivity index (χ4n) is 3.69. The summed E-state index contributed by atoms with van der Waals surface area (Å²) in [6, 6.07) is 13.6. The highest BCUT2D eigenvalue weighted by Crippen LogP contribution is 2.51. The van der Waals surface area contributed by atoms with Crippen LogP contribution in [0, 0.1) is 17.8 Å². The van der Waals surface area contributed by atoms with Crippen LogP contribution in [0.25, 0.3) is 11.1 Å². The molecule has 2 aromatic rings. The molecule has 1 fully saturated rings. The smallest absolute Gasteiger partial charge is 0.153 e. The zero-order valence-corrected chi connectivity index (χ0v) is 16.8. The summed E-state index contributed by atoms with van der Waals surface area (Å²) in [6.45, 7) is 9.92. The van der Waals surface area contributed by atoms with Crippen molar-refractivity contribution in [3.05, 3.63) is 58.6 Å². The molecule has 1 aliphatic carbocycles. The van der Waals surface area contributed by atoms with Crippen molar-refractivity contribution in [1.82, 2.24) is 0 Å². The van der Waals surface area contributed by atoms with Crippen molar-refractivity contribution in [1.29, 1.82) is 0 Å². The average molecular weight is 369 g/mol. The molecule has 1 atom stereocenters. The molecule has 0 radical (unpaired) electrons. The summed E-state index contributed by atoms with van der Waals surface area (Å²) in [5, 5.41) is 0.683. The fourth-order valence-corrected chi connectivity index (χ4v) is 3.81. The zero-order chi connectivity index (χ0) is 19.3. The van der Waals surface area contributed by atoms with E-state index in [0.29, 0.717) is 11.4 Å². The van der Waals surface area contributed by atoms with Gasteiger partial charge in [-0.3, -0.25) is 9.59 Å². The molecule has 0 aliphatic heterocycles. The second-order valence-electron chi connectivity index (χ2n) is 8.53. The monoisotopic (exact) mass is 368 g/mol. The standard InChI is InChI=1S/C23H25ClO2/c1-14-6-7-16(15-8-10-17(24)11-9-15)12-18(14)20-19(25)13-22(2,3)23(4,5)21(20)26/h6-12,20H,13H2,1-5H3. The molecular formula is C23H25ClO2. The summed E-state index contributed by atoms with van der Waals surface area (Å²) in [5.74, 6) is -0.629. The van der Waals surface area contributed by atoms with Gasteiger partial charge < -0.3 is 0 Å². The van der Waals surface area contributed by atoms with Gasteiger partial charge in [0.2, 0.25) is 0 Å². The summed E-state index contributed by atoms with van der Waals surface area (Å²) in [7, 11) is 0. The van der Waals surface area contributed by atoms with E-state index in [0.717, 1.165) is 22.3 Å². The van der Waals surface area contributed by atoms with Crippen LogP contribution in [-0.4, -0.2) is 11.6 Å². The van der Waals surface area contributed by atoms with Gasteiger partial charge in [0.15, 0.2) is 5.78 Å². The van der Waals surface area contributed by atoms with Gasteiger partial charge in [0.25, 0.3) is 0 Å². The lowest BCUT2D eigenvalue weighted by molar-refractivity contribution is -0.147. The largest absolute Gasteiger partial charge is 0.299 e. The Morgan fingerprint density at radius 3 is 2.12 bits per heavy atom. The minimum atomic E-state index is -0.676. The van der Waals surface area contributed by atoms with E-state index < -0.39 is 11.3 Å². The maximum Gasteiger partial charge on any atom is 0.153 e. The highest BCUT2D eigenvalue weighted by Gasteiger charge is 2.53. The van der Waals surface area contributed by atoms with Gasteiger partial charge in [-0.25, -0.2) is 0 Å². The predicted octanol–water partition coefficient (Wildman–Crippen LogP) is 5.99. The summed E-state index contributed by atoms with van der Waals surface area (Å²) < 4.78 is 0. The second kappa shape index (κ2) is 6.35. The molecule has 0 heterocycles. The minimum Gasteiger partial charge on any atom is -0.299 e. The van der Waals surface area contributed by atoms with Gasteiger partial charge in [0.05, 0.1) is 0 Å². The van der Waals surface area contributed by atoms with Gasteiger partial charge in [0.1, 0.15) is 11.7 Å². The van der Waals surface area contributed by atoms with Crippen LogP contribution in [-0.2, 0) is 9.59 Å². The first kappa shape index (κ1) is 18.8. The average Bonchev–Trinajstić information content (AvgIpc) is 2.55. The number of aryl methyl sites for hydroxylation is 1. The van der Waals surface area contributed by atoms with Crippen molar-refractivity contribution in [2.24, 2.45) is 10.8 Å². The number of ketones is 2. The number of benzene rings is 2. The van der Waals surface area contributed by atoms with Gasteiger partial charge in [-0.15, -0.1) is 0 Å². The summed E-state index contributed by atoms with van der Waals surface area (Å²) >= 11 is 5.98. The van der Waals surface area contributed by atoms with Gasteiger partial charge >= 0.3 is 0 Å². The molecule has 1 aliphatic rings. The van der Waals surface area contributed by atoms with E-state index in [1.54, 1.807) is 0 Å². The van der Waals surface area contributed by atoms with Crippen molar-refractivity contribution >= 4 is 23.2 Å². The lowest BCUT2D eigenvalue weighted by Gasteiger charge is -2.46. The highest BCUT2D eigenvalue weighted by atomic mass is 35.5. The minimum absolute atomic E-state index is 0.0232. The molecule has 3 rings (SSSR count). The van der Waals surface area contributed by atoms with Gasteiger partial charge in [-0.1, -0.05) is 63.6 Å². The number of Topliss-reactive ketones (excluding diaryl/α,β-unsaturated/α-hetero) is 2. The lowest BCUT2D eigenvalue weighted by atomic mass is 9.55. The number of carbonyl (C=O) groups is 2. The first-order chi connectivity index (χ1) is 12.0. The van der Waals surface area contributed by atoms with Crippen LogP contribution in [0.5, 0.6) is 0 Å². The summed E-state index contributed by atoms with van der Waals surface area (Å²) in [4.78, 5) is 26.2. The Kier molecular flexibility index (Phi) is 4.60.